The van der Waals surface area contributed by atoms with E-state index in [9.17, 15) is 14.9 Å². The van der Waals surface area contributed by atoms with Crippen LogP contribution < -0.4 is 16.6 Å². The number of nitrogens with one attached hydrogen (secondary N) is 2. The fraction of sp³-hybridized carbons (Fsp3) is 0.0833. The fourth-order valence-corrected chi connectivity index (χ4v) is 1.65. The van der Waals surface area contributed by atoms with Gasteiger partial charge in [0.25, 0.3) is 11.6 Å². The van der Waals surface area contributed by atoms with E-state index in [1.807, 2.05) is 0 Å². The number of nitrogens with two attached hydrogens (primary N) is 1. The van der Waals surface area contributed by atoms with Gasteiger partial charge in [0.1, 0.15) is 5.69 Å². The van der Waals surface area contributed by atoms with Gasteiger partial charge in [0.05, 0.1) is 17.2 Å². The van der Waals surface area contributed by atoms with E-state index in [1.165, 1.54) is 18.3 Å². The number of hydrogen-bond acceptors (Lipinski definition) is 7. The number of hydrogen-bond donors (Lipinski definition) is 3. The van der Waals surface area contributed by atoms with E-state index in [2.05, 4.69) is 20.9 Å². The normalized spacial score (nSPS) is 9.95. The van der Waals surface area contributed by atoms with Crippen LogP contribution in [0, 0.1) is 10.1 Å². The molecule has 2 rings (SSSR count). The van der Waals surface area contributed by atoms with Crippen LogP contribution in [0.2, 0.25) is 0 Å². The maximum absolute atomic E-state index is 12.0. The number of benzene rings is 1. The first kappa shape index (κ1) is 14.3. The molecule has 0 fully saturated rings. The zero-order valence-electron chi connectivity index (χ0n) is 10.8. The minimum Gasteiger partial charge on any atom is -0.346 e. The SMILES string of the molecule is NNc1ccc(C(=O)NCc2cccnn2)cc1[N+](=O)[O-]. The van der Waals surface area contributed by atoms with E-state index < -0.39 is 10.8 Å². The lowest BCUT2D eigenvalue weighted by Crippen LogP contribution is -2.23. The van der Waals surface area contributed by atoms with E-state index in [4.69, 9.17) is 5.84 Å². The van der Waals surface area contributed by atoms with Crippen molar-refractivity contribution in [1.29, 1.82) is 0 Å². The number of nitro benzene ring substituents is 1. The second kappa shape index (κ2) is 6.39. The summed E-state index contributed by atoms with van der Waals surface area (Å²) in [4.78, 5) is 22.2. The van der Waals surface area contributed by atoms with Crippen molar-refractivity contribution in [2.75, 3.05) is 5.43 Å². The summed E-state index contributed by atoms with van der Waals surface area (Å²) in [6, 6.07) is 7.36. The van der Waals surface area contributed by atoms with Gasteiger partial charge in [-0.3, -0.25) is 20.8 Å². The zero-order valence-corrected chi connectivity index (χ0v) is 10.8. The molecule has 1 heterocycles. The van der Waals surface area contributed by atoms with Crippen LogP contribution in [-0.2, 0) is 6.54 Å². The summed E-state index contributed by atoms with van der Waals surface area (Å²) in [6.07, 6.45) is 1.52. The average molecular weight is 288 g/mol. The van der Waals surface area contributed by atoms with Crippen molar-refractivity contribution < 1.29 is 9.72 Å². The zero-order chi connectivity index (χ0) is 15.2. The van der Waals surface area contributed by atoms with Gasteiger partial charge in [-0.05, 0) is 24.3 Å². The Hall–Kier alpha value is -3.07. The highest BCUT2D eigenvalue weighted by Crippen LogP contribution is 2.24. The second-order valence-electron chi connectivity index (χ2n) is 4.03. The quantitative estimate of drug-likeness (QED) is 0.416. The minimum absolute atomic E-state index is 0.130. The van der Waals surface area contributed by atoms with E-state index in [0.29, 0.717) is 5.69 Å². The first-order valence-corrected chi connectivity index (χ1v) is 5.91. The molecule has 0 saturated heterocycles. The predicted octanol–water partition coefficient (Wildman–Crippen LogP) is 0.600. The van der Waals surface area contributed by atoms with Crippen LogP contribution in [0.1, 0.15) is 16.1 Å². The molecule has 1 aromatic heterocycles. The average Bonchev–Trinajstić information content (AvgIpc) is 2.52. The number of aromatic nitrogens is 2. The summed E-state index contributed by atoms with van der Waals surface area (Å²) < 4.78 is 0. The third-order valence-electron chi connectivity index (χ3n) is 2.67. The maximum Gasteiger partial charge on any atom is 0.294 e. The topological polar surface area (TPSA) is 136 Å². The molecule has 0 spiro atoms. The van der Waals surface area contributed by atoms with Gasteiger partial charge in [0.2, 0.25) is 0 Å². The first-order chi connectivity index (χ1) is 10.1. The van der Waals surface area contributed by atoms with Gasteiger partial charge in [-0.2, -0.15) is 10.2 Å². The Morgan fingerprint density at radius 3 is 2.81 bits per heavy atom. The molecule has 1 aromatic carbocycles. The number of nitro groups is 1. The molecule has 0 aliphatic carbocycles. The van der Waals surface area contributed by atoms with E-state index in [-0.39, 0.29) is 23.5 Å². The fourth-order valence-electron chi connectivity index (χ4n) is 1.65. The number of nitrogen functional groups attached to an aromatic ring is 1. The van der Waals surface area contributed by atoms with Gasteiger partial charge in [0, 0.05) is 17.8 Å². The van der Waals surface area contributed by atoms with Gasteiger partial charge in [-0.15, -0.1) is 0 Å². The van der Waals surface area contributed by atoms with Crippen LogP contribution in [0.15, 0.2) is 36.5 Å². The molecule has 0 aliphatic heterocycles. The number of amides is 1. The van der Waals surface area contributed by atoms with Crippen molar-refractivity contribution in [3.8, 4) is 0 Å². The third-order valence-corrected chi connectivity index (χ3v) is 2.67. The van der Waals surface area contributed by atoms with E-state index in [1.54, 1.807) is 12.1 Å². The van der Waals surface area contributed by atoms with E-state index in [0.717, 1.165) is 6.07 Å². The lowest BCUT2D eigenvalue weighted by molar-refractivity contribution is -0.384. The number of hydrazine groups is 1. The molecule has 108 valence electrons. The molecule has 9 heteroatoms. The molecule has 0 bridgehead atoms. The summed E-state index contributed by atoms with van der Waals surface area (Å²) >= 11 is 0. The summed E-state index contributed by atoms with van der Waals surface area (Å²) in [5.74, 6) is 4.73. The van der Waals surface area contributed by atoms with Crippen molar-refractivity contribution in [2.24, 2.45) is 5.84 Å². The highest BCUT2D eigenvalue weighted by atomic mass is 16.6. The lowest BCUT2D eigenvalue weighted by atomic mass is 10.1. The second-order valence-corrected chi connectivity index (χ2v) is 4.03. The van der Waals surface area contributed by atoms with Crippen LogP contribution in [0.4, 0.5) is 11.4 Å². The number of carbonyl (C=O) groups is 1. The van der Waals surface area contributed by atoms with Gasteiger partial charge in [0.15, 0.2) is 0 Å². The lowest BCUT2D eigenvalue weighted by Gasteiger charge is -2.06. The van der Waals surface area contributed by atoms with Gasteiger partial charge < -0.3 is 10.7 Å². The Bertz CT molecular complexity index is 661. The van der Waals surface area contributed by atoms with Crippen LogP contribution >= 0.6 is 0 Å². The smallest absolute Gasteiger partial charge is 0.294 e. The molecule has 2 aromatic rings. The molecule has 0 atom stereocenters. The molecule has 21 heavy (non-hydrogen) atoms. The number of nitrogens with zero attached hydrogens (tertiary/aromatic N) is 3. The van der Waals surface area contributed by atoms with E-state index >= 15 is 0 Å². The maximum atomic E-state index is 12.0. The predicted molar refractivity (Wildman–Crippen MR) is 74.1 cm³/mol. The molecular formula is C12H12N6O3. The Morgan fingerprint density at radius 1 is 1.38 bits per heavy atom. The third kappa shape index (κ3) is 3.48. The molecule has 0 radical (unpaired) electrons. The van der Waals surface area contributed by atoms with Crippen LogP contribution in [0.3, 0.4) is 0 Å². The number of anilines is 1. The molecule has 1 amide bonds. The van der Waals surface area contributed by atoms with Crippen molar-refractivity contribution >= 4 is 17.3 Å². The van der Waals surface area contributed by atoms with Crippen molar-refractivity contribution in [2.45, 2.75) is 6.54 Å². The summed E-state index contributed by atoms with van der Waals surface area (Å²) in [7, 11) is 0. The van der Waals surface area contributed by atoms with Gasteiger partial charge in [-0.1, -0.05) is 0 Å². The van der Waals surface area contributed by atoms with Crippen molar-refractivity contribution in [3.05, 3.63) is 57.9 Å². The monoisotopic (exact) mass is 288 g/mol. The Labute approximate surface area is 119 Å². The van der Waals surface area contributed by atoms with Gasteiger partial charge >= 0.3 is 0 Å². The Kier molecular flexibility index (Phi) is 4.36. The molecule has 0 unspecified atom stereocenters. The Balaban J connectivity index is 2.12. The number of carbonyl (C=O) groups excluding carboxylic acids is 1. The summed E-state index contributed by atoms with van der Waals surface area (Å²) in [5.41, 5.74) is 2.81. The highest BCUT2D eigenvalue weighted by molar-refractivity contribution is 5.95. The molecule has 0 aliphatic rings. The molecular weight excluding hydrogens is 276 g/mol. The minimum atomic E-state index is -0.616. The molecule has 0 saturated carbocycles. The molecule has 9 nitrogen and oxygen atoms in total. The first-order valence-electron chi connectivity index (χ1n) is 5.91. The van der Waals surface area contributed by atoms with Crippen LogP contribution in [0.5, 0.6) is 0 Å². The van der Waals surface area contributed by atoms with Crippen molar-refractivity contribution in [1.82, 2.24) is 15.5 Å². The largest absolute Gasteiger partial charge is 0.346 e. The van der Waals surface area contributed by atoms with Gasteiger partial charge in [-0.25, -0.2) is 0 Å². The Morgan fingerprint density at radius 2 is 2.19 bits per heavy atom. The van der Waals surface area contributed by atoms with Crippen LogP contribution in [0.25, 0.3) is 0 Å². The number of rotatable bonds is 5. The summed E-state index contributed by atoms with van der Waals surface area (Å²) in [5, 5.41) is 21.0. The summed E-state index contributed by atoms with van der Waals surface area (Å²) in [6.45, 7) is 0.178. The van der Waals surface area contributed by atoms with Crippen LogP contribution in [-0.4, -0.2) is 21.0 Å². The molecule has 4 N–H and O–H groups in total. The standard InChI is InChI=1S/C12H12N6O3/c13-16-10-4-3-8(6-11(10)18(20)21)12(19)14-7-9-2-1-5-15-17-9/h1-6,16H,7,13H2,(H,14,19). The van der Waals surface area contributed by atoms with Crippen molar-refractivity contribution in [3.63, 3.8) is 0 Å². The highest BCUT2D eigenvalue weighted by Gasteiger charge is 2.16.